The highest BCUT2D eigenvalue weighted by atomic mass is 32.1. The number of hydrogen-bond donors (Lipinski definition) is 1. The van der Waals surface area contributed by atoms with Gasteiger partial charge in [0.25, 0.3) is 0 Å². The highest BCUT2D eigenvalue weighted by molar-refractivity contribution is 7.13. The summed E-state index contributed by atoms with van der Waals surface area (Å²) in [7, 11) is 0. The fraction of sp³-hybridized carbons (Fsp3) is 0.0435. The summed E-state index contributed by atoms with van der Waals surface area (Å²) in [5.41, 5.74) is 10.5. The summed E-state index contributed by atoms with van der Waals surface area (Å²) in [4.78, 5) is 9.68. The van der Waals surface area contributed by atoms with E-state index in [0.717, 1.165) is 33.3 Å². The van der Waals surface area contributed by atoms with Gasteiger partial charge in [0.05, 0.1) is 22.0 Å². The number of nitrogens with two attached hydrogens (primary N) is 1. The molecule has 4 heterocycles. The second kappa shape index (κ2) is 7.55. The highest BCUT2D eigenvalue weighted by Crippen LogP contribution is 2.38. The molecule has 0 aliphatic heterocycles. The van der Waals surface area contributed by atoms with Crippen LogP contribution < -0.4 is 5.73 Å². The SMILES string of the molecule is Cc1nn(-c2ccccc2)c(-n2ccnc2)c1-c1cc(-c2cccs2)nc(N)c1C#N. The summed E-state index contributed by atoms with van der Waals surface area (Å²) in [5, 5.41) is 16.7. The van der Waals surface area contributed by atoms with Crippen LogP contribution in [0.15, 0.2) is 72.6 Å². The number of nitriles is 1. The Kier molecular flexibility index (Phi) is 4.58. The molecule has 5 rings (SSSR count). The molecular formula is C23H17N7S. The van der Waals surface area contributed by atoms with Crippen LogP contribution in [-0.4, -0.2) is 24.3 Å². The number of aryl methyl sites for hydroxylation is 1. The van der Waals surface area contributed by atoms with E-state index in [0.29, 0.717) is 11.1 Å². The van der Waals surface area contributed by atoms with E-state index in [1.807, 2.05) is 76.3 Å². The lowest BCUT2D eigenvalue weighted by Gasteiger charge is -2.13. The van der Waals surface area contributed by atoms with E-state index in [4.69, 9.17) is 10.8 Å². The maximum Gasteiger partial charge on any atom is 0.149 e. The van der Waals surface area contributed by atoms with E-state index in [1.54, 1.807) is 23.9 Å². The monoisotopic (exact) mass is 423 g/mol. The predicted molar refractivity (Wildman–Crippen MR) is 121 cm³/mol. The van der Waals surface area contributed by atoms with E-state index >= 15 is 0 Å². The van der Waals surface area contributed by atoms with Gasteiger partial charge < -0.3 is 5.73 Å². The van der Waals surface area contributed by atoms with Gasteiger partial charge in [-0.3, -0.25) is 4.57 Å². The Balaban J connectivity index is 1.85. The molecule has 0 saturated carbocycles. The zero-order chi connectivity index (χ0) is 21.4. The number of imidazole rings is 1. The fourth-order valence-corrected chi connectivity index (χ4v) is 4.32. The second-order valence-electron chi connectivity index (χ2n) is 6.91. The third kappa shape index (κ3) is 3.17. The number of pyridine rings is 1. The minimum Gasteiger partial charge on any atom is -0.383 e. The van der Waals surface area contributed by atoms with E-state index in [2.05, 4.69) is 16.0 Å². The number of anilines is 1. The van der Waals surface area contributed by atoms with Crippen molar-refractivity contribution in [1.29, 1.82) is 5.26 Å². The van der Waals surface area contributed by atoms with Crippen molar-refractivity contribution in [3.8, 4) is 39.3 Å². The molecule has 1 aromatic carbocycles. The molecule has 0 radical (unpaired) electrons. The average Bonchev–Trinajstić information content (AvgIpc) is 3.54. The van der Waals surface area contributed by atoms with Crippen LogP contribution in [0.1, 0.15) is 11.3 Å². The molecule has 4 aromatic heterocycles. The molecule has 0 atom stereocenters. The summed E-state index contributed by atoms with van der Waals surface area (Å²) in [6.45, 7) is 1.93. The van der Waals surface area contributed by atoms with Gasteiger partial charge in [-0.05, 0) is 36.6 Å². The van der Waals surface area contributed by atoms with Crippen molar-refractivity contribution in [1.82, 2.24) is 24.3 Å². The first-order valence-electron chi connectivity index (χ1n) is 9.55. The molecule has 8 heteroatoms. The van der Waals surface area contributed by atoms with Gasteiger partial charge in [-0.25, -0.2) is 14.6 Å². The molecular weight excluding hydrogens is 406 g/mol. The van der Waals surface area contributed by atoms with Crippen LogP contribution in [0.25, 0.3) is 33.2 Å². The Morgan fingerprint density at radius 1 is 1.13 bits per heavy atom. The molecule has 0 fully saturated rings. The Morgan fingerprint density at radius 3 is 2.65 bits per heavy atom. The standard InChI is InChI=1S/C23H17N7S/c1-15-21(17-12-19(20-8-5-11-31-20)27-22(25)18(17)13-24)23(29-10-9-26-14-29)30(28-15)16-6-3-2-4-7-16/h2-12,14H,1H3,(H2,25,27). The molecule has 0 amide bonds. The largest absolute Gasteiger partial charge is 0.383 e. The Labute approximate surface area is 182 Å². The van der Waals surface area contributed by atoms with Gasteiger partial charge in [-0.15, -0.1) is 11.3 Å². The lowest BCUT2D eigenvalue weighted by Crippen LogP contribution is -2.06. The lowest BCUT2D eigenvalue weighted by molar-refractivity contribution is 0.812. The predicted octanol–water partition coefficient (Wildman–Crippen LogP) is 4.61. The van der Waals surface area contributed by atoms with Crippen LogP contribution in [0.5, 0.6) is 0 Å². The normalized spacial score (nSPS) is 10.8. The summed E-state index contributed by atoms with van der Waals surface area (Å²) in [6.07, 6.45) is 5.29. The number of para-hydroxylation sites is 1. The van der Waals surface area contributed by atoms with Gasteiger partial charge in [-0.1, -0.05) is 24.3 Å². The fourth-order valence-electron chi connectivity index (χ4n) is 3.63. The van der Waals surface area contributed by atoms with Crippen molar-refractivity contribution in [2.24, 2.45) is 0 Å². The quantitative estimate of drug-likeness (QED) is 0.455. The van der Waals surface area contributed by atoms with Crippen molar-refractivity contribution in [3.63, 3.8) is 0 Å². The van der Waals surface area contributed by atoms with Crippen LogP contribution in [-0.2, 0) is 0 Å². The van der Waals surface area contributed by atoms with Gasteiger partial charge >= 0.3 is 0 Å². The second-order valence-corrected chi connectivity index (χ2v) is 7.85. The van der Waals surface area contributed by atoms with Crippen molar-refractivity contribution < 1.29 is 0 Å². The number of hydrogen-bond acceptors (Lipinski definition) is 6. The van der Waals surface area contributed by atoms with Crippen LogP contribution in [0.3, 0.4) is 0 Å². The first kappa shape index (κ1) is 18.8. The molecule has 2 N–H and O–H groups in total. The first-order valence-corrected chi connectivity index (χ1v) is 10.4. The zero-order valence-electron chi connectivity index (χ0n) is 16.6. The van der Waals surface area contributed by atoms with Crippen molar-refractivity contribution in [3.05, 3.63) is 83.9 Å². The maximum atomic E-state index is 9.90. The molecule has 0 bridgehead atoms. The summed E-state index contributed by atoms with van der Waals surface area (Å²) in [6, 6.07) is 18.0. The zero-order valence-corrected chi connectivity index (χ0v) is 17.4. The third-order valence-electron chi connectivity index (χ3n) is 4.99. The van der Waals surface area contributed by atoms with E-state index in [1.165, 1.54) is 0 Å². The average molecular weight is 424 g/mol. The molecule has 0 spiro atoms. The minimum atomic E-state index is 0.201. The number of aromatic nitrogens is 5. The molecule has 0 aliphatic carbocycles. The smallest absolute Gasteiger partial charge is 0.149 e. The Morgan fingerprint density at radius 2 is 1.97 bits per heavy atom. The lowest BCUT2D eigenvalue weighted by atomic mass is 9.99. The molecule has 5 aromatic rings. The first-order chi connectivity index (χ1) is 15.2. The van der Waals surface area contributed by atoms with Crippen LogP contribution >= 0.6 is 11.3 Å². The Hall–Kier alpha value is -4.22. The van der Waals surface area contributed by atoms with Gasteiger partial charge in [0.1, 0.15) is 29.6 Å². The summed E-state index contributed by atoms with van der Waals surface area (Å²) >= 11 is 1.57. The van der Waals surface area contributed by atoms with Crippen LogP contribution in [0, 0.1) is 18.3 Å². The molecule has 0 unspecified atom stereocenters. The van der Waals surface area contributed by atoms with Crippen molar-refractivity contribution >= 4 is 17.2 Å². The third-order valence-corrected chi connectivity index (χ3v) is 5.88. The van der Waals surface area contributed by atoms with Gasteiger partial charge in [0.15, 0.2) is 0 Å². The number of nitrogens with zero attached hydrogens (tertiary/aromatic N) is 6. The summed E-state index contributed by atoms with van der Waals surface area (Å²) in [5.74, 6) is 0.979. The number of thiophene rings is 1. The van der Waals surface area contributed by atoms with Crippen molar-refractivity contribution in [2.45, 2.75) is 6.92 Å². The molecule has 31 heavy (non-hydrogen) atoms. The molecule has 0 aliphatic rings. The molecule has 7 nitrogen and oxygen atoms in total. The van der Waals surface area contributed by atoms with E-state index < -0.39 is 0 Å². The molecule has 0 saturated heterocycles. The topological polar surface area (TPSA) is 98.3 Å². The van der Waals surface area contributed by atoms with Crippen LogP contribution in [0.2, 0.25) is 0 Å². The minimum absolute atomic E-state index is 0.201. The summed E-state index contributed by atoms with van der Waals surface area (Å²) < 4.78 is 3.75. The number of rotatable bonds is 4. The van der Waals surface area contributed by atoms with Gasteiger partial charge in [-0.2, -0.15) is 10.4 Å². The number of benzene rings is 1. The Bertz CT molecular complexity index is 1390. The van der Waals surface area contributed by atoms with E-state index in [9.17, 15) is 5.26 Å². The highest BCUT2D eigenvalue weighted by Gasteiger charge is 2.24. The van der Waals surface area contributed by atoms with Crippen LogP contribution in [0.4, 0.5) is 5.82 Å². The van der Waals surface area contributed by atoms with Gasteiger partial charge in [0, 0.05) is 23.5 Å². The van der Waals surface area contributed by atoms with Crippen molar-refractivity contribution in [2.75, 3.05) is 5.73 Å². The van der Waals surface area contributed by atoms with E-state index in [-0.39, 0.29) is 5.82 Å². The number of nitrogen functional groups attached to an aromatic ring is 1. The maximum absolute atomic E-state index is 9.90. The van der Waals surface area contributed by atoms with Gasteiger partial charge in [0.2, 0.25) is 0 Å². The molecule has 150 valence electrons.